The fourth-order valence-corrected chi connectivity index (χ4v) is 2.93. The predicted octanol–water partition coefficient (Wildman–Crippen LogP) is 1.04. The molecule has 6 nitrogen and oxygen atoms in total. The lowest BCUT2D eigenvalue weighted by Crippen LogP contribution is -2.36. The quantitative estimate of drug-likeness (QED) is 0.882. The van der Waals surface area contributed by atoms with Crippen molar-refractivity contribution in [3.63, 3.8) is 0 Å². The molecule has 3 rings (SSSR count). The summed E-state index contributed by atoms with van der Waals surface area (Å²) in [5, 5.41) is 7.52. The number of hydrogen-bond acceptors (Lipinski definition) is 6. The number of rotatable bonds is 3. The Morgan fingerprint density at radius 2 is 2.11 bits per heavy atom. The highest BCUT2D eigenvalue weighted by Crippen LogP contribution is 2.35. The lowest BCUT2D eigenvalue weighted by Gasteiger charge is -2.32. The van der Waals surface area contributed by atoms with E-state index in [0.29, 0.717) is 30.9 Å². The van der Waals surface area contributed by atoms with E-state index in [4.69, 9.17) is 14.0 Å². The maximum atomic E-state index is 5.69. The Morgan fingerprint density at radius 1 is 1.32 bits per heavy atom. The van der Waals surface area contributed by atoms with Crippen LogP contribution in [0.1, 0.15) is 37.4 Å². The van der Waals surface area contributed by atoms with Gasteiger partial charge < -0.3 is 19.3 Å². The summed E-state index contributed by atoms with van der Waals surface area (Å²) in [6.45, 7) is 5.48. The molecule has 2 saturated heterocycles. The normalized spacial score (nSPS) is 30.6. The molecule has 0 amide bonds. The number of ether oxygens (including phenoxy) is 2. The van der Waals surface area contributed by atoms with Crippen LogP contribution in [0.25, 0.3) is 0 Å². The Bertz CT molecular complexity index is 429. The van der Waals surface area contributed by atoms with E-state index in [9.17, 15) is 0 Å². The fourth-order valence-electron chi connectivity index (χ4n) is 2.93. The van der Waals surface area contributed by atoms with Crippen LogP contribution in [-0.2, 0) is 15.1 Å². The molecule has 0 radical (unpaired) electrons. The number of aromatic nitrogens is 2. The van der Waals surface area contributed by atoms with Gasteiger partial charge in [-0.1, -0.05) is 12.1 Å². The monoisotopic (exact) mass is 267 g/mol. The van der Waals surface area contributed by atoms with E-state index in [1.165, 1.54) is 0 Å². The van der Waals surface area contributed by atoms with Crippen molar-refractivity contribution >= 4 is 0 Å². The van der Waals surface area contributed by atoms with Crippen LogP contribution < -0.4 is 5.32 Å². The molecule has 19 heavy (non-hydrogen) atoms. The van der Waals surface area contributed by atoms with Crippen LogP contribution in [0.3, 0.4) is 0 Å². The van der Waals surface area contributed by atoms with E-state index < -0.39 is 5.60 Å². The van der Waals surface area contributed by atoms with E-state index in [0.717, 1.165) is 31.8 Å². The van der Waals surface area contributed by atoms with Gasteiger partial charge in [0.2, 0.25) is 11.7 Å². The van der Waals surface area contributed by atoms with Crippen molar-refractivity contribution < 1.29 is 14.0 Å². The van der Waals surface area contributed by atoms with Crippen molar-refractivity contribution in [1.82, 2.24) is 15.5 Å². The van der Waals surface area contributed by atoms with E-state index in [1.54, 1.807) is 7.11 Å². The first-order valence-electron chi connectivity index (χ1n) is 6.93. The third kappa shape index (κ3) is 2.28. The Morgan fingerprint density at radius 3 is 2.74 bits per heavy atom. The second-order valence-electron chi connectivity index (χ2n) is 5.51. The maximum Gasteiger partial charge on any atom is 0.231 e. The van der Waals surface area contributed by atoms with Crippen molar-refractivity contribution in [3.05, 3.63) is 11.7 Å². The average molecular weight is 267 g/mol. The van der Waals surface area contributed by atoms with Crippen molar-refractivity contribution in [2.24, 2.45) is 5.92 Å². The highest BCUT2D eigenvalue weighted by atomic mass is 16.5. The van der Waals surface area contributed by atoms with Gasteiger partial charge in [0.05, 0.1) is 5.92 Å². The van der Waals surface area contributed by atoms with E-state index in [-0.39, 0.29) is 0 Å². The highest BCUT2D eigenvalue weighted by Gasteiger charge is 2.40. The average Bonchev–Trinajstić information content (AvgIpc) is 3.08. The van der Waals surface area contributed by atoms with E-state index >= 15 is 0 Å². The first kappa shape index (κ1) is 13.0. The molecule has 2 atom stereocenters. The Balaban J connectivity index is 1.83. The molecule has 0 aromatic carbocycles. The van der Waals surface area contributed by atoms with Crippen molar-refractivity contribution in [2.75, 3.05) is 33.4 Å². The molecule has 3 heterocycles. The van der Waals surface area contributed by atoms with Crippen molar-refractivity contribution in [2.45, 2.75) is 31.3 Å². The van der Waals surface area contributed by atoms with Gasteiger partial charge in [0.25, 0.3) is 0 Å². The predicted molar refractivity (Wildman–Crippen MR) is 67.8 cm³/mol. The number of nitrogens with zero attached hydrogens (tertiary/aromatic N) is 2. The van der Waals surface area contributed by atoms with Gasteiger partial charge in [0.15, 0.2) is 0 Å². The van der Waals surface area contributed by atoms with Crippen molar-refractivity contribution in [3.8, 4) is 0 Å². The fraction of sp³-hybridized carbons (Fsp3) is 0.846. The summed E-state index contributed by atoms with van der Waals surface area (Å²) in [7, 11) is 1.71. The third-order valence-electron chi connectivity index (χ3n) is 4.38. The second-order valence-corrected chi connectivity index (χ2v) is 5.51. The molecule has 2 aliphatic heterocycles. The number of hydrogen-bond donors (Lipinski definition) is 1. The summed E-state index contributed by atoms with van der Waals surface area (Å²) < 4.78 is 16.6. The minimum atomic E-state index is -0.435. The van der Waals surface area contributed by atoms with Gasteiger partial charge >= 0.3 is 0 Å². The topological polar surface area (TPSA) is 69.4 Å². The van der Waals surface area contributed by atoms with Gasteiger partial charge in [-0.25, -0.2) is 0 Å². The SMILES string of the molecule is COC1(c2noc([C@@H]3CNC[C@H]3C)n2)CCOCC1. The number of methoxy groups -OCH3 is 1. The van der Waals surface area contributed by atoms with Gasteiger partial charge in [0.1, 0.15) is 5.60 Å². The third-order valence-corrected chi connectivity index (χ3v) is 4.38. The molecule has 0 unspecified atom stereocenters. The zero-order valence-corrected chi connectivity index (χ0v) is 11.5. The summed E-state index contributed by atoms with van der Waals surface area (Å²) in [6, 6.07) is 0. The standard InChI is InChI=1S/C13H21N3O3/c1-9-7-14-8-10(9)11-15-12(16-19-11)13(17-2)3-5-18-6-4-13/h9-10,14H,3-8H2,1-2H3/t9-,10-/m1/s1. The summed E-state index contributed by atoms with van der Waals surface area (Å²) in [4.78, 5) is 4.61. The van der Waals surface area contributed by atoms with E-state index in [1.807, 2.05) is 0 Å². The molecule has 0 aliphatic carbocycles. The second kappa shape index (κ2) is 5.19. The molecular weight excluding hydrogens is 246 g/mol. The van der Waals surface area contributed by atoms with Gasteiger partial charge in [-0.3, -0.25) is 0 Å². The molecule has 2 aliphatic rings. The minimum Gasteiger partial charge on any atom is -0.381 e. The number of nitrogens with one attached hydrogen (secondary N) is 1. The Hall–Kier alpha value is -0.980. The summed E-state index contributed by atoms with van der Waals surface area (Å²) in [5.41, 5.74) is -0.435. The summed E-state index contributed by atoms with van der Waals surface area (Å²) in [5.74, 6) is 2.25. The molecule has 1 aromatic rings. The maximum absolute atomic E-state index is 5.69. The largest absolute Gasteiger partial charge is 0.381 e. The Labute approximate surface area is 112 Å². The van der Waals surface area contributed by atoms with Crippen LogP contribution in [0.5, 0.6) is 0 Å². The molecule has 0 bridgehead atoms. The highest BCUT2D eigenvalue weighted by molar-refractivity contribution is 5.07. The molecule has 1 aromatic heterocycles. The minimum absolute atomic E-state index is 0.315. The molecule has 0 saturated carbocycles. The summed E-state index contributed by atoms with van der Waals surface area (Å²) in [6.07, 6.45) is 1.56. The first-order chi connectivity index (χ1) is 9.25. The zero-order chi connectivity index (χ0) is 13.3. The molecule has 0 spiro atoms. The molecule has 106 valence electrons. The van der Waals surface area contributed by atoms with Crippen LogP contribution >= 0.6 is 0 Å². The van der Waals surface area contributed by atoms with Crippen LogP contribution in [0.2, 0.25) is 0 Å². The zero-order valence-electron chi connectivity index (χ0n) is 11.5. The van der Waals surface area contributed by atoms with Crippen molar-refractivity contribution in [1.29, 1.82) is 0 Å². The van der Waals surface area contributed by atoms with Crippen LogP contribution in [0.4, 0.5) is 0 Å². The van der Waals surface area contributed by atoms with Crippen LogP contribution in [0, 0.1) is 5.92 Å². The molecular formula is C13H21N3O3. The van der Waals surface area contributed by atoms with Crippen LogP contribution in [-0.4, -0.2) is 43.6 Å². The van der Waals surface area contributed by atoms with E-state index in [2.05, 4.69) is 22.4 Å². The van der Waals surface area contributed by atoms with Gasteiger partial charge in [-0.2, -0.15) is 4.98 Å². The van der Waals surface area contributed by atoms with Crippen LogP contribution in [0.15, 0.2) is 4.52 Å². The van der Waals surface area contributed by atoms with Gasteiger partial charge in [-0.05, 0) is 12.5 Å². The lowest BCUT2D eigenvalue weighted by molar-refractivity contribution is -0.101. The lowest BCUT2D eigenvalue weighted by atomic mass is 9.93. The molecule has 1 N–H and O–H groups in total. The van der Waals surface area contributed by atoms with Gasteiger partial charge in [-0.15, -0.1) is 0 Å². The molecule has 2 fully saturated rings. The first-order valence-corrected chi connectivity index (χ1v) is 6.93. The Kier molecular flexibility index (Phi) is 3.56. The smallest absolute Gasteiger partial charge is 0.231 e. The summed E-state index contributed by atoms with van der Waals surface area (Å²) >= 11 is 0. The molecule has 6 heteroatoms. The van der Waals surface area contributed by atoms with Gasteiger partial charge in [0, 0.05) is 39.7 Å².